The molecule has 0 unspecified atom stereocenters. The molecule has 0 aliphatic rings. The van der Waals surface area contributed by atoms with Gasteiger partial charge in [-0.3, -0.25) is 0 Å². The molecule has 0 fully saturated rings. The van der Waals surface area contributed by atoms with Crippen molar-refractivity contribution in [3.63, 3.8) is 0 Å². The molecule has 2 nitrogen and oxygen atoms in total. The second-order valence-corrected chi connectivity index (χ2v) is 3.03. The van der Waals surface area contributed by atoms with Crippen LogP contribution in [0.4, 0.5) is 4.39 Å². The first-order chi connectivity index (χ1) is 5.77. The molecule has 0 saturated heterocycles. The van der Waals surface area contributed by atoms with Crippen molar-refractivity contribution in [1.29, 1.82) is 0 Å². The van der Waals surface area contributed by atoms with E-state index in [4.69, 9.17) is 0 Å². The minimum Gasteiger partial charge on any atom is -0.230 e. The first-order valence-corrected chi connectivity index (χ1v) is 4.13. The lowest BCUT2D eigenvalue weighted by molar-refractivity contribution is 0.636. The van der Waals surface area contributed by atoms with Gasteiger partial charge in [-0.1, -0.05) is 12.1 Å². The van der Waals surface area contributed by atoms with Gasteiger partial charge in [-0.15, -0.1) is 0 Å². The molecule has 60 valence electrons. The summed E-state index contributed by atoms with van der Waals surface area (Å²) in [6.45, 7) is 0. The van der Waals surface area contributed by atoms with Crippen molar-refractivity contribution in [2.45, 2.75) is 0 Å². The van der Waals surface area contributed by atoms with E-state index in [1.54, 1.807) is 18.3 Å². The highest BCUT2D eigenvalue weighted by atomic mass is 79.9. The third kappa shape index (κ3) is 1.18. The SMILES string of the molecule is Fc1cccc2cnc(Br)nc12. The third-order valence-corrected chi connectivity index (χ3v) is 1.91. The Balaban J connectivity index is 2.88. The molecule has 0 N–H and O–H groups in total. The molecule has 1 aromatic carbocycles. The number of rotatable bonds is 0. The Labute approximate surface area is 76.6 Å². The van der Waals surface area contributed by atoms with Crippen LogP contribution >= 0.6 is 15.9 Å². The predicted molar refractivity (Wildman–Crippen MR) is 47.2 cm³/mol. The summed E-state index contributed by atoms with van der Waals surface area (Å²) in [5, 5.41) is 0.707. The van der Waals surface area contributed by atoms with Crippen LogP contribution in [0.3, 0.4) is 0 Å². The Kier molecular flexibility index (Phi) is 1.77. The molecule has 1 aromatic heterocycles. The van der Waals surface area contributed by atoms with E-state index >= 15 is 0 Å². The van der Waals surface area contributed by atoms with Gasteiger partial charge in [0.15, 0.2) is 4.73 Å². The van der Waals surface area contributed by atoms with Gasteiger partial charge in [-0.25, -0.2) is 14.4 Å². The minimum atomic E-state index is -0.324. The number of aromatic nitrogens is 2. The normalized spacial score (nSPS) is 10.5. The lowest BCUT2D eigenvalue weighted by Gasteiger charge is -1.96. The fourth-order valence-electron chi connectivity index (χ4n) is 0.998. The van der Waals surface area contributed by atoms with Crippen LogP contribution in [0, 0.1) is 5.82 Å². The van der Waals surface area contributed by atoms with E-state index in [1.165, 1.54) is 6.07 Å². The number of fused-ring (bicyclic) bond motifs is 1. The second-order valence-electron chi connectivity index (χ2n) is 2.32. The van der Waals surface area contributed by atoms with E-state index in [1.807, 2.05) is 0 Å². The highest BCUT2D eigenvalue weighted by Crippen LogP contribution is 2.15. The van der Waals surface area contributed by atoms with Crippen molar-refractivity contribution in [1.82, 2.24) is 9.97 Å². The average molecular weight is 227 g/mol. The number of benzene rings is 1. The summed E-state index contributed by atoms with van der Waals surface area (Å²) in [6, 6.07) is 4.78. The van der Waals surface area contributed by atoms with Crippen molar-refractivity contribution >= 4 is 26.8 Å². The maximum Gasteiger partial charge on any atom is 0.197 e. The molecule has 4 heteroatoms. The van der Waals surface area contributed by atoms with Crippen LogP contribution in [0.25, 0.3) is 10.9 Å². The maximum absolute atomic E-state index is 13.1. The summed E-state index contributed by atoms with van der Waals surface area (Å²) in [5.41, 5.74) is 0.347. The van der Waals surface area contributed by atoms with E-state index in [0.717, 1.165) is 0 Å². The number of hydrogen-bond acceptors (Lipinski definition) is 2. The summed E-state index contributed by atoms with van der Waals surface area (Å²) in [7, 11) is 0. The monoisotopic (exact) mass is 226 g/mol. The zero-order chi connectivity index (χ0) is 8.55. The highest BCUT2D eigenvalue weighted by molar-refractivity contribution is 9.10. The molecule has 0 atom stereocenters. The Hall–Kier alpha value is -1.03. The molecule has 0 aliphatic heterocycles. The predicted octanol–water partition coefficient (Wildman–Crippen LogP) is 2.53. The summed E-state index contributed by atoms with van der Waals surface area (Å²) < 4.78 is 13.5. The fourth-order valence-corrected chi connectivity index (χ4v) is 1.28. The van der Waals surface area contributed by atoms with Crippen molar-refractivity contribution < 1.29 is 4.39 Å². The van der Waals surface area contributed by atoms with Crippen LogP contribution in [-0.2, 0) is 0 Å². The molecule has 2 rings (SSSR count). The van der Waals surface area contributed by atoms with Gasteiger partial charge in [0.25, 0.3) is 0 Å². The highest BCUT2D eigenvalue weighted by Gasteiger charge is 2.01. The molecule has 0 saturated carbocycles. The molecule has 0 aliphatic carbocycles. The maximum atomic E-state index is 13.1. The van der Waals surface area contributed by atoms with Gasteiger partial charge in [0, 0.05) is 11.6 Å². The second kappa shape index (κ2) is 2.79. The van der Waals surface area contributed by atoms with E-state index in [2.05, 4.69) is 25.9 Å². The van der Waals surface area contributed by atoms with Crippen molar-refractivity contribution in [2.75, 3.05) is 0 Å². The van der Waals surface area contributed by atoms with Crippen LogP contribution in [-0.4, -0.2) is 9.97 Å². The minimum absolute atomic E-state index is 0.324. The van der Waals surface area contributed by atoms with E-state index < -0.39 is 0 Å². The van der Waals surface area contributed by atoms with Crippen molar-refractivity contribution in [3.05, 3.63) is 34.9 Å². The van der Waals surface area contributed by atoms with E-state index in [-0.39, 0.29) is 5.82 Å². The molecule has 0 spiro atoms. The van der Waals surface area contributed by atoms with E-state index in [0.29, 0.717) is 15.6 Å². The molecule has 0 radical (unpaired) electrons. The Morgan fingerprint density at radius 2 is 2.17 bits per heavy atom. The van der Waals surface area contributed by atoms with Crippen LogP contribution in [0.5, 0.6) is 0 Å². The summed E-state index contributed by atoms with van der Waals surface area (Å²) in [5.74, 6) is -0.324. The number of hydrogen-bond donors (Lipinski definition) is 0. The van der Waals surface area contributed by atoms with Gasteiger partial charge < -0.3 is 0 Å². The van der Waals surface area contributed by atoms with Crippen LogP contribution in [0.1, 0.15) is 0 Å². The fraction of sp³-hybridized carbons (Fsp3) is 0. The van der Waals surface area contributed by atoms with Crippen LogP contribution in [0.15, 0.2) is 29.1 Å². The van der Waals surface area contributed by atoms with Gasteiger partial charge in [0.1, 0.15) is 11.3 Å². The van der Waals surface area contributed by atoms with Gasteiger partial charge >= 0.3 is 0 Å². The van der Waals surface area contributed by atoms with Gasteiger partial charge in [-0.2, -0.15) is 0 Å². The quantitative estimate of drug-likeness (QED) is 0.646. The largest absolute Gasteiger partial charge is 0.230 e. The Bertz CT molecular complexity index is 430. The smallest absolute Gasteiger partial charge is 0.197 e. The van der Waals surface area contributed by atoms with Crippen LogP contribution in [0.2, 0.25) is 0 Å². The topological polar surface area (TPSA) is 25.8 Å². The van der Waals surface area contributed by atoms with E-state index in [9.17, 15) is 4.39 Å². The molecule has 2 aromatic rings. The third-order valence-electron chi connectivity index (χ3n) is 1.53. The zero-order valence-electron chi connectivity index (χ0n) is 5.96. The standard InChI is InChI=1S/C8H4BrFN2/c9-8-11-4-5-2-1-3-6(10)7(5)12-8/h1-4H. The number of nitrogens with zero attached hydrogens (tertiary/aromatic N) is 2. The average Bonchev–Trinajstić information content (AvgIpc) is 2.07. The van der Waals surface area contributed by atoms with Gasteiger partial charge in [0.2, 0.25) is 0 Å². The lowest BCUT2D eigenvalue weighted by Crippen LogP contribution is -1.87. The van der Waals surface area contributed by atoms with Crippen molar-refractivity contribution in [2.24, 2.45) is 0 Å². The zero-order valence-corrected chi connectivity index (χ0v) is 7.55. The molecular weight excluding hydrogens is 223 g/mol. The van der Waals surface area contributed by atoms with Crippen molar-refractivity contribution in [3.8, 4) is 0 Å². The lowest BCUT2D eigenvalue weighted by atomic mass is 10.2. The Morgan fingerprint density at radius 3 is 3.00 bits per heavy atom. The first kappa shape index (κ1) is 7.61. The van der Waals surface area contributed by atoms with Gasteiger partial charge in [0.05, 0.1) is 0 Å². The molecule has 12 heavy (non-hydrogen) atoms. The molecule has 0 bridgehead atoms. The van der Waals surface area contributed by atoms with Crippen LogP contribution < -0.4 is 0 Å². The molecular formula is C8H4BrFN2. The Morgan fingerprint density at radius 1 is 1.33 bits per heavy atom. The first-order valence-electron chi connectivity index (χ1n) is 3.34. The number of para-hydroxylation sites is 1. The summed E-state index contributed by atoms with van der Waals surface area (Å²) in [6.07, 6.45) is 1.58. The molecule has 1 heterocycles. The molecule has 0 amide bonds. The van der Waals surface area contributed by atoms with Gasteiger partial charge in [-0.05, 0) is 22.0 Å². The summed E-state index contributed by atoms with van der Waals surface area (Å²) >= 11 is 3.08. The number of halogens is 2. The summed E-state index contributed by atoms with van der Waals surface area (Å²) in [4.78, 5) is 7.79.